The average Bonchev–Trinajstić information content (AvgIpc) is 2.28. The van der Waals surface area contributed by atoms with Crippen molar-refractivity contribution in [2.24, 2.45) is 0 Å². The lowest BCUT2D eigenvalue weighted by Crippen LogP contribution is -2.18. The fourth-order valence-electron chi connectivity index (χ4n) is 1.91. The van der Waals surface area contributed by atoms with Crippen LogP contribution in [0.2, 0.25) is 0 Å². The van der Waals surface area contributed by atoms with E-state index in [1.807, 2.05) is 31.2 Å². The average molecular weight is 234 g/mol. The monoisotopic (exact) mass is 234 g/mol. The molecule has 0 heterocycles. The first-order chi connectivity index (χ1) is 8.13. The number of hydrogen-bond acceptors (Lipinski definition) is 2. The van der Waals surface area contributed by atoms with Crippen LogP contribution in [0, 0.1) is 0 Å². The Hall–Kier alpha value is -1.12. The van der Waals surface area contributed by atoms with Crippen LogP contribution in [0.3, 0.4) is 0 Å². The summed E-state index contributed by atoms with van der Waals surface area (Å²) in [6.45, 7) is 7.54. The Labute approximate surface area is 104 Å². The van der Waals surface area contributed by atoms with Gasteiger partial charge < -0.3 is 9.84 Å². The van der Waals surface area contributed by atoms with Crippen molar-refractivity contribution in [3.8, 4) is 0 Å². The summed E-state index contributed by atoms with van der Waals surface area (Å²) in [4.78, 5) is 0. The highest BCUT2D eigenvalue weighted by Crippen LogP contribution is 2.24. The molecule has 17 heavy (non-hydrogen) atoms. The second-order valence-corrected chi connectivity index (χ2v) is 4.46. The number of ether oxygens (including phenoxy) is 1. The molecule has 3 atom stereocenters. The zero-order valence-corrected chi connectivity index (χ0v) is 10.7. The molecular weight excluding hydrogens is 212 g/mol. The van der Waals surface area contributed by atoms with E-state index in [0.717, 1.165) is 12.0 Å². The van der Waals surface area contributed by atoms with Gasteiger partial charge in [0.05, 0.1) is 18.3 Å². The van der Waals surface area contributed by atoms with Gasteiger partial charge in [-0.15, -0.1) is 6.58 Å². The maximum absolute atomic E-state index is 9.34. The molecule has 0 fully saturated rings. The second-order valence-electron chi connectivity index (χ2n) is 4.46. The molecule has 0 spiro atoms. The van der Waals surface area contributed by atoms with Gasteiger partial charge in [-0.25, -0.2) is 0 Å². The minimum atomic E-state index is -0.329. The predicted octanol–water partition coefficient (Wildman–Crippen LogP) is 3.48. The molecule has 0 saturated carbocycles. The van der Waals surface area contributed by atoms with Crippen molar-refractivity contribution in [1.82, 2.24) is 0 Å². The largest absolute Gasteiger partial charge is 0.393 e. The summed E-state index contributed by atoms with van der Waals surface area (Å²) >= 11 is 0. The Morgan fingerprint density at radius 1 is 1.29 bits per heavy atom. The standard InChI is InChI=1S/C15H22O2/c1-4-8-15(14-9-6-5-7-10-14)17-13(3)11-12(2)16/h4-7,9-10,12-13,15-16H,1,8,11H2,2-3H3/t12-,13+,15-/m1/s1. The third kappa shape index (κ3) is 5.16. The molecule has 2 nitrogen and oxygen atoms in total. The summed E-state index contributed by atoms with van der Waals surface area (Å²) in [5, 5.41) is 9.34. The molecule has 0 bridgehead atoms. The summed E-state index contributed by atoms with van der Waals surface area (Å²) < 4.78 is 5.96. The van der Waals surface area contributed by atoms with E-state index < -0.39 is 0 Å². The van der Waals surface area contributed by atoms with Crippen LogP contribution in [0.1, 0.15) is 38.4 Å². The van der Waals surface area contributed by atoms with Gasteiger partial charge in [0, 0.05) is 0 Å². The number of aliphatic hydroxyl groups is 1. The van der Waals surface area contributed by atoms with Crippen LogP contribution in [0.15, 0.2) is 43.0 Å². The molecule has 0 saturated heterocycles. The van der Waals surface area contributed by atoms with Crippen molar-refractivity contribution in [2.45, 2.75) is 45.0 Å². The molecule has 0 amide bonds. The van der Waals surface area contributed by atoms with Gasteiger partial charge in [-0.05, 0) is 32.3 Å². The second kappa shape index (κ2) is 7.25. The Kier molecular flexibility index (Phi) is 5.95. The van der Waals surface area contributed by atoms with Crippen LogP contribution in [0.25, 0.3) is 0 Å². The van der Waals surface area contributed by atoms with E-state index in [4.69, 9.17) is 4.74 Å². The molecule has 0 unspecified atom stereocenters. The summed E-state index contributed by atoms with van der Waals surface area (Å²) in [5.74, 6) is 0. The lowest BCUT2D eigenvalue weighted by Gasteiger charge is -2.22. The van der Waals surface area contributed by atoms with E-state index in [2.05, 4.69) is 18.7 Å². The van der Waals surface area contributed by atoms with E-state index in [1.54, 1.807) is 6.92 Å². The first-order valence-corrected chi connectivity index (χ1v) is 6.12. The van der Waals surface area contributed by atoms with E-state index in [1.165, 1.54) is 0 Å². The Balaban J connectivity index is 2.63. The van der Waals surface area contributed by atoms with Crippen molar-refractivity contribution < 1.29 is 9.84 Å². The fourth-order valence-corrected chi connectivity index (χ4v) is 1.91. The number of rotatable bonds is 7. The maximum Gasteiger partial charge on any atom is 0.0862 e. The summed E-state index contributed by atoms with van der Waals surface area (Å²) in [6, 6.07) is 10.1. The van der Waals surface area contributed by atoms with Crippen molar-refractivity contribution in [3.63, 3.8) is 0 Å². The Bertz CT molecular complexity index is 319. The van der Waals surface area contributed by atoms with Crippen LogP contribution < -0.4 is 0 Å². The third-order valence-electron chi connectivity index (χ3n) is 2.62. The van der Waals surface area contributed by atoms with Crippen LogP contribution in [-0.4, -0.2) is 17.3 Å². The lowest BCUT2D eigenvalue weighted by atomic mass is 10.1. The Morgan fingerprint density at radius 3 is 2.47 bits per heavy atom. The highest BCUT2D eigenvalue weighted by molar-refractivity contribution is 5.18. The molecule has 0 aliphatic carbocycles. The molecule has 0 aliphatic rings. The van der Waals surface area contributed by atoms with Crippen molar-refractivity contribution in [3.05, 3.63) is 48.6 Å². The number of hydrogen-bond donors (Lipinski definition) is 1. The molecule has 1 aromatic rings. The number of aliphatic hydroxyl groups excluding tert-OH is 1. The van der Waals surface area contributed by atoms with Gasteiger partial charge in [0.1, 0.15) is 0 Å². The molecule has 2 heteroatoms. The van der Waals surface area contributed by atoms with Gasteiger partial charge in [0.25, 0.3) is 0 Å². The minimum Gasteiger partial charge on any atom is -0.393 e. The highest BCUT2D eigenvalue weighted by atomic mass is 16.5. The summed E-state index contributed by atoms with van der Waals surface area (Å²) in [7, 11) is 0. The van der Waals surface area contributed by atoms with E-state index >= 15 is 0 Å². The zero-order valence-electron chi connectivity index (χ0n) is 10.7. The predicted molar refractivity (Wildman–Crippen MR) is 70.8 cm³/mol. The smallest absolute Gasteiger partial charge is 0.0862 e. The lowest BCUT2D eigenvalue weighted by molar-refractivity contribution is -0.0240. The molecule has 1 rings (SSSR count). The molecular formula is C15H22O2. The Morgan fingerprint density at radius 2 is 1.94 bits per heavy atom. The topological polar surface area (TPSA) is 29.5 Å². The SMILES string of the molecule is C=CC[C@@H](O[C@@H](C)C[C@@H](C)O)c1ccccc1. The van der Waals surface area contributed by atoms with Crippen LogP contribution in [0.5, 0.6) is 0 Å². The molecule has 0 radical (unpaired) electrons. The highest BCUT2D eigenvalue weighted by Gasteiger charge is 2.15. The van der Waals surface area contributed by atoms with Gasteiger partial charge >= 0.3 is 0 Å². The van der Waals surface area contributed by atoms with Gasteiger partial charge in [0.2, 0.25) is 0 Å². The van der Waals surface area contributed by atoms with Crippen LogP contribution in [-0.2, 0) is 4.74 Å². The number of benzene rings is 1. The first-order valence-electron chi connectivity index (χ1n) is 6.12. The molecule has 0 aromatic heterocycles. The molecule has 1 aromatic carbocycles. The molecule has 1 N–H and O–H groups in total. The van der Waals surface area contributed by atoms with Crippen molar-refractivity contribution in [1.29, 1.82) is 0 Å². The van der Waals surface area contributed by atoms with Gasteiger partial charge in [0.15, 0.2) is 0 Å². The van der Waals surface area contributed by atoms with E-state index in [-0.39, 0.29) is 18.3 Å². The maximum atomic E-state index is 9.34. The van der Waals surface area contributed by atoms with E-state index in [0.29, 0.717) is 6.42 Å². The van der Waals surface area contributed by atoms with Gasteiger partial charge in [-0.3, -0.25) is 0 Å². The van der Waals surface area contributed by atoms with Crippen LogP contribution in [0.4, 0.5) is 0 Å². The molecule has 0 aliphatic heterocycles. The minimum absolute atomic E-state index is 0.0300. The van der Waals surface area contributed by atoms with Crippen molar-refractivity contribution >= 4 is 0 Å². The fraction of sp³-hybridized carbons (Fsp3) is 0.467. The van der Waals surface area contributed by atoms with Crippen molar-refractivity contribution in [2.75, 3.05) is 0 Å². The van der Waals surface area contributed by atoms with Gasteiger partial charge in [-0.1, -0.05) is 36.4 Å². The quantitative estimate of drug-likeness (QED) is 0.732. The third-order valence-corrected chi connectivity index (χ3v) is 2.62. The summed E-state index contributed by atoms with van der Waals surface area (Å²) in [5.41, 5.74) is 1.16. The molecule has 94 valence electrons. The van der Waals surface area contributed by atoms with Gasteiger partial charge in [-0.2, -0.15) is 0 Å². The van der Waals surface area contributed by atoms with Crippen LogP contribution >= 0.6 is 0 Å². The zero-order chi connectivity index (χ0) is 12.7. The normalized spacial score (nSPS) is 16.2. The summed E-state index contributed by atoms with van der Waals surface area (Å²) in [6.07, 6.45) is 3.05. The van der Waals surface area contributed by atoms with E-state index in [9.17, 15) is 5.11 Å². The first kappa shape index (κ1) is 13.9.